The molecule has 0 spiro atoms. The van der Waals surface area contributed by atoms with Crippen molar-refractivity contribution in [2.75, 3.05) is 32.8 Å². The Morgan fingerprint density at radius 1 is 1.15 bits per heavy atom. The van der Waals surface area contributed by atoms with Crippen LogP contribution in [0, 0.1) is 0 Å². The summed E-state index contributed by atoms with van der Waals surface area (Å²) in [4.78, 5) is 37.7. The predicted octanol–water partition coefficient (Wildman–Crippen LogP) is 0.0255. The molecule has 8 nitrogen and oxygen atoms in total. The third-order valence-electron chi connectivity index (χ3n) is 4.42. The Morgan fingerprint density at radius 2 is 1.81 bits per heavy atom. The number of benzene rings is 1. The van der Waals surface area contributed by atoms with Gasteiger partial charge < -0.3 is 20.5 Å². The average molecular weight is 377 g/mol. The summed E-state index contributed by atoms with van der Waals surface area (Å²) >= 11 is 0. The lowest BCUT2D eigenvalue weighted by molar-refractivity contribution is -0.142. The minimum atomic E-state index is -1.09. The van der Waals surface area contributed by atoms with Gasteiger partial charge in [-0.15, -0.1) is 0 Å². The third kappa shape index (κ3) is 7.36. The molecule has 0 bridgehead atoms. The molecule has 1 aliphatic rings. The topological polar surface area (TPSA) is 108 Å². The molecule has 0 aromatic heterocycles. The van der Waals surface area contributed by atoms with Crippen LogP contribution in [0.3, 0.4) is 0 Å². The zero-order valence-electron chi connectivity index (χ0n) is 15.5. The zero-order valence-corrected chi connectivity index (χ0v) is 15.5. The van der Waals surface area contributed by atoms with Crippen molar-refractivity contribution in [3.05, 3.63) is 35.9 Å². The SMILES string of the molecule is CC(NC(=O)CN1CCOCC1)C(=O)NC(CCc1ccccc1)C(=O)O. The minimum Gasteiger partial charge on any atom is -0.480 e. The van der Waals surface area contributed by atoms with Crippen molar-refractivity contribution in [2.24, 2.45) is 0 Å². The summed E-state index contributed by atoms with van der Waals surface area (Å²) < 4.78 is 5.23. The van der Waals surface area contributed by atoms with E-state index in [1.165, 1.54) is 0 Å². The molecule has 1 aliphatic heterocycles. The summed E-state index contributed by atoms with van der Waals surface area (Å²) in [7, 11) is 0. The molecule has 3 N–H and O–H groups in total. The first kappa shape index (κ1) is 20.9. The van der Waals surface area contributed by atoms with Crippen molar-refractivity contribution >= 4 is 17.8 Å². The van der Waals surface area contributed by atoms with Crippen LogP contribution in [0.4, 0.5) is 0 Å². The van der Waals surface area contributed by atoms with Crippen molar-refractivity contribution < 1.29 is 24.2 Å². The molecular formula is C19H27N3O5. The van der Waals surface area contributed by atoms with Crippen LogP contribution in [-0.2, 0) is 25.5 Å². The number of nitrogens with zero attached hydrogens (tertiary/aromatic N) is 1. The van der Waals surface area contributed by atoms with E-state index in [-0.39, 0.29) is 18.9 Å². The maximum absolute atomic E-state index is 12.3. The average Bonchev–Trinajstić information content (AvgIpc) is 2.66. The highest BCUT2D eigenvalue weighted by Gasteiger charge is 2.24. The Kier molecular flexibility index (Phi) is 8.22. The number of aryl methyl sites for hydroxylation is 1. The molecule has 1 heterocycles. The lowest BCUT2D eigenvalue weighted by Gasteiger charge is -2.26. The molecule has 27 heavy (non-hydrogen) atoms. The zero-order chi connectivity index (χ0) is 19.6. The molecule has 1 fully saturated rings. The molecule has 0 radical (unpaired) electrons. The molecular weight excluding hydrogens is 350 g/mol. The van der Waals surface area contributed by atoms with E-state index >= 15 is 0 Å². The first-order valence-electron chi connectivity index (χ1n) is 9.12. The lowest BCUT2D eigenvalue weighted by Crippen LogP contribution is -2.52. The van der Waals surface area contributed by atoms with E-state index in [0.29, 0.717) is 32.7 Å². The molecule has 1 aromatic carbocycles. The number of amides is 2. The second kappa shape index (κ2) is 10.6. The molecule has 148 valence electrons. The first-order chi connectivity index (χ1) is 13.0. The van der Waals surface area contributed by atoms with Crippen LogP contribution in [0.1, 0.15) is 18.9 Å². The van der Waals surface area contributed by atoms with E-state index in [9.17, 15) is 19.5 Å². The second-order valence-corrected chi connectivity index (χ2v) is 6.60. The maximum Gasteiger partial charge on any atom is 0.326 e. The number of morpholine rings is 1. The highest BCUT2D eigenvalue weighted by molar-refractivity contribution is 5.90. The van der Waals surface area contributed by atoms with Crippen LogP contribution in [0.25, 0.3) is 0 Å². The number of nitrogens with one attached hydrogen (secondary N) is 2. The Bertz CT molecular complexity index is 631. The van der Waals surface area contributed by atoms with E-state index in [0.717, 1.165) is 5.56 Å². The van der Waals surface area contributed by atoms with E-state index in [1.807, 2.05) is 35.2 Å². The van der Waals surface area contributed by atoms with E-state index in [4.69, 9.17) is 4.74 Å². The van der Waals surface area contributed by atoms with Crippen LogP contribution < -0.4 is 10.6 Å². The number of ether oxygens (including phenoxy) is 1. The van der Waals surface area contributed by atoms with Crippen LogP contribution in [0.15, 0.2) is 30.3 Å². The highest BCUT2D eigenvalue weighted by Crippen LogP contribution is 2.06. The molecule has 1 saturated heterocycles. The van der Waals surface area contributed by atoms with Crippen LogP contribution >= 0.6 is 0 Å². The second-order valence-electron chi connectivity index (χ2n) is 6.60. The van der Waals surface area contributed by atoms with Gasteiger partial charge in [-0.1, -0.05) is 30.3 Å². The van der Waals surface area contributed by atoms with Crippen LogP contribution in [0.2, 0.25) is 0 Å². The third-order valence-corrected chi connectivity index (χ3v) is 4.42. The predicted molar refractivity (Wildman–Crippen MR) is 99.2 cm³/mol. The number of rotatable bonds is 9. The Labute approximate surface area is 158 Å². The standard InChI is InChI=1S/C19H27N3O5/c1-14(20-17(23)13-22-9-11-27-12-10-22)18(24)21-16(19(25)26)8-7-15-5-3-2-4-6-15/h2-6,14,16H,7-13H2,1H3,(H,20,23)(H,21,24)(H,25,26). The summed E-state index contributed by atoms with van der Waals surface area (Å²) in [5.41, 5.74) is 1.00. The van der Waals surface area contributed by atoms with E-state index < -0.39 is 24.0 Å². The Hall–Kier alpha value is -2.45. The van der Waals surface area contributed by atoms with Gasteiger partial charge in [-0.3, -0.25) is 14.5 Å². The number of hydrogen-bond donors (Lipinski definition) is 3. The van der Waals surface area contributed by atoms with Gasteiger partial charge in [0.05, 0.1) is 19.8 Å². The summed E-state index contributed by atoms with van der Waals surface area (Å²) in [5, 5.41) is 14.5. The van der Waals surface area contributed by atoms with Crippen molar-refractivity contribution in [2.45, 2.75) is 31.8 Å². The molecule has 2 rings (SSSR count). The van der Waals surface area contributed by atoms with Crippen LogP contribution in [-0.4, -0.2) is 72.7 Å². The van der Waals surface area contributed by atoms with Gasteiger partial charge in [0.25, 0.3) is 0 Å². The van der Waals surface area contributed by atoms with Gasteiger partial charge in [-0.05, 0) is 25.3 Å². The molecule has 2 atom stereocenters. The van der Waals surface area contributed by atoms with Gasteiger partial charge in [0.2, 0.25) is 11.8 Å². The van der Waals surface area contributed by atoms with Gasteiger partial charge >= 0.3 is 5.97 Å². The van der Waals surface area contributed by atoms with E-state index in [1.54, 1.807) is 6.92 Å². The van der Waals surface area contributed by atoms with Crippen LogP contribution in [0.5, 0.6) is 0 Å². The largest absolute Gasteiger partial charge is 0.480 e. The van der Waals surface area contributed by atoms with Gasteiger partial charge in [0.1, 0.15) is 12.1 Å². The Morgan fingerprint density at radius 3 is 2.44 bits per heavy atom. The lowest BCUT2D eigenvalue weighted by atomic mass is 10.0. The number of carboxylic acid groups (broad SMARTS) is 1. The molecule has 0 aliphatic carbocycles. The quantitative estimate of drug-likeness (QED) is 0.560. The number of carbonyl (C=O) groups excluding carboxylic acids is 2. The number of carboxylic acids is 1. The first-order valence-corrected chi connectivity index (χ1v) is 9.12. The number of carbonyl (C=O) groups is 3. The van der Waals surface area contributed by atoms with Crippen molar-refractivity contribution in [3.8, 4) is 0 Å². The highest BCUT2D eigenvalue weighted by atomic mass is 16.5. The fourth-order valence-electron chi connectivity index (χ4n) is 2.82. The van der Waals surface area contributed by atoms with Crippen molar-refractivity contribution in [1.29, 1.82) is 0 Å². The monoisotopic (exact) mass is 377 g/mol. The molecule has 2 unspecified atom stereocenters. The smallest absolute Gasteiger partial charge is 0.326 e. The number of aliphatic carboxylic acids is 1. The molecule has 0 saturated carbocycles. The normalized spacial score (nSPS) is 16.9. The van der Waals surface area contributed by atoms with Gasteiger partial charge in [-0.25, -0.2) is 4.79 Å². The number of hydrogen-bond acceptors (Lipinski definition) is 5. The summed E-state index contributed by atoms with van der Waals surface area (Å²) in [6.45, 7) is 4.26. The molecule has 1 aromatic rings. The fraction of sp³-hybridized carbons (Fsp3) is 0.526. The molecule has 8 heteroatoms. The van der Waals surface area contributed by atoms with Crippen molar-refractivity contribution in [1.82, 2.24) is 15.5 Å². The Balaban J connectivity index is 1.78. The fourth-order valence-corrected chi connectivity index (χ4v) is 2.82. The maximum atomic E-state index is 12.3. The summed E-state index contributed by atoms with van der Waals surface area (Å²) in [6, 6.07) is 7.67. The van der Waals surface area contributed by atoms with Gasteiger partial charge in [-0.2, -0.15) is 0 Å². The van der Waals surface area contributed by atoms with Crippen molar-refractivity contribution in [3.63, 3.8) is 0 Å². The summed E-state index contributed by atoms with van der Waals surface area (Å²) in [6.07, 6.45) is 0.815. The van der Waals surface area contributed by atoms with E-state index in [2.05, 4.69) is 10.6 Å². The summed E-state index contributed by atoms with van der Waals surface area (Å²) in [5.74, 6) is -1.87. The molecule has 2 amide bonds. The minimum absolute atomic E-state index is 0.192. The van der Waals surface area contributed by atoms with Gasteiger partial charge in [0, 0.05) is 13.1 Å². The van der Waals surface area contributed by atoms with Gasteiger partial charge in [0.15, 0.2) is 0 Å².